The fraction of sp³-hybridized carbons (Fsp3) is 0.228. The molecule has 3 aromatic carbocycles. The van der Waals surface area contributed by atoms with Gasteiger partial charge in [-0.15, -0.1) is 0 Å². The number of aryl methyl sites for hydroxylation is 1. The maximum atomic E-state index is 13.7. The fourth-order valence-electron chi connectivity index (χ4n) is 8.23. The number of carbonyl (C=O) groups is 3. The van der Waals surface area contributed by atoms with Gasteiger partial charge in [0.15, 0.2) is 0 Å². The zero-order chi connectivity index (χ0) is 49.0. The van der Waals surface area contributed by atoms with Crippen LogP contribution in [0.3, 0.4) is 0 Å². The third-order valence-corrected chi connectivity index (χ3v) is 12.1. The van der Waals surface area contributed by atoms with E-state index >= 15 is 0 Å². The molecule has 0 saturated carbocycles. The van der Waals surface area contributed by atoms with E-state index in [2.05, 4.69) is 25.9 Å². The molecule has 348 valence electrons. The molecule has 12 nitrogen and oxygen atoms in total. The third kappa shape index (κ3) is 9.17. The maximum Gasteiger partial charge on any atom is 0.229 e. The van der Waals surface area contributed by atoms with Gasteiger partial charge in [-0.1, -0.05) is 117 Å². The zero-order valence-corrected chi connectivity index (χ0v) is 40.7. The number of carbonyl (C=O) groups excluding carboxylic acids is 3. The van der Waals surface area contributed by atoms with Crippen molar-refractivity contribution in [1.82, 2.24) is 29.5 Å². The van der Waals surface area contributed by atoms with Gasteiger partial charge in [0.25, 0.3) is 0 Å². The summed E-state index contributed by atoms with van der Waals surface area (Å²) in [5.74, 6) is -0.388. The Kier molecular flexibility index (Phi) is 11.7. The van der Waals surface area contributed by atoms with Crippen LogP contribution in [0.2, 0.25) is 0 Å². The molecule has 0 unspecified atom stereocenters. The predicted molar refractivity (Wildman–Crippen MR) is 282 cm³/mol. The van der Waals surface area contributed by atoms with Crippen LogP contribution in [-0.2, 0) is 21.4 Å². The number of aromatic nitrogens is 6. The van der Waals surface area contributed by atoms with Crippen LogP contribution in [0.5, 0.6) is 0 Å². The first-order valence-corrected chi connectivity index (χ1v) is 23.1. The van der Waals surface area contributed by atoms with Crippen LogP contribution in [0.4, 0.5) is 17.1 Å². The summed E-state index contributed by atoms with van der Waals surface area (Å²) in [7, 11) is 1.93. The van der Waals surface area contributed by atoms with Gasteiger partial charge in [-0.3, -0.25) is 14.4 Å². The number of para-hydroxylation sites is 3. The monoisotopic (exact) mass is 915 g/mol. The number of fused-ring (bicyclic) bond motifs is 8. The van der Waals surface area contributed by atoms with Crippen molar-refractivity contribution in [2.75, 3.05) is 16.0 Å². The van der Waals surface area contributed by atoms with E-state index in [1.54, 1.807) is 6.33 Å². The Labute approximate surface area is 402 Å². The Hall–Kier alpha value is -8.12. The molecule has 2 aliphatic heterocycles. The van der Waals surface area contributed by atoms with Crippen LogP contribution in [0.25, 0.3) is 91.0 Å². The standard InChI is InChI=1S/C57H57N9O3/c1-55(2,3)52(67)63-36-20-14-11-17-33(36)48-39-23-25-41(59-39)49(34-18-12-15-21-37(34)64-53(68)56(4,5)6)43-27-29-45(61-43)51(47-31-66(10)32-58-47)46-30-28-44(62-46)50(42-26-24-40(48)60-42)35-19-13-16-22-38(35)65-54(69)57(7,8)9/h11-32,59,62H,1-10H3,(H,63,67)(H,64,68)(H,65,69). The number of amides is 3. The molecular weight excluding hydrogens is 859 g/mol. The Morgan fingerprint density at radius 2 is 0.754 bits per heavy atom. The lowest BCUT2D eigenvalue weighted by atomic mass is 9.94. The second-order valence-corrected chi connectivity index (χ2v) is 20.7. The van der Waals surface area contributed by atoms with E-state index in [0.29, 0.717) is 45.5 Å². The second-order valence-electron chi connectivity index (χ2n) is 20.7. The van der Waals surface area contributed by atoms with E-state index < -0.39 is 16.2 Å². The lowest BCUT2D eigenvalue weighted by Crippen LogP contribution is -2.27. The maximum absolute atomic E-state index is 13.7. The predicted octanol–water partition coefficient (Wildman–Crippen LogP) is 13.0. The largest absolute Gasteiger partial charge is 0.354 e. The van der Waals surface area contributed by atoms with E-state index in [1.807, 2.05) is 201 Å². The topological polar surface area (TPSA) is 162 Å². The number of rotatable bonds is 7. The van der Waals surface area contributed by atoms with E-state index in [0.717, 1.165) is 61.0 Å². The molecule has 7 aromatic rings. The molecule has 9 rings (SSSR count). The Morgan fingerprint density at radius 1 is 0.449 bits per heavy atom. The Morgan fingerprint density at radius 3 is 1.06 bits per heavy atom. The number of H-pyrrole nitrogens is 2. The molecule has 0 spiro atoms. The minimum absolute atomic E-state index is 0.126. The van der Waals surface area contributed by atoms with Gasteiger partial charge in [0.05, 0.1) is 45.9 Å². The lowest BCUT2D eigenvalue weighted by Gasteiger charge is -2.20. The molecule has 6 heterocycles. The number of nitrogens with zero attached hydrogens (tertiary/aromatic N) is 4. The smallest absolute Gasteiger partial charge is 0.229 e. The SMILES string of the molecule is Cn1cnc(-c2c3nc(c(-c4ccccc4NC(=O)C(C)(C)C)c4ccc([nH]4)c(-c4ccccc4NC(=O)C(C)(C)C)c4nc(c(-c5ccccc5NC(=O)C(C)(C)C)c5ccc2[nH]5)C=C4)C=C3)c1. The average molecular weight is 916 g/mol. The highest BCUT2D eigenvalue weighted by Gasteiger charge is 2.28. The second kappa shape index (κ2) is 17.5. The number of imidazole rings is 1. The van der Waals surface area contributed by atoms with Crippen molar-refractivity contribution in [3.05, 3.63) is 132 Å². The van der Waals surface area contributed by atoms with Crippen molar-refractivity contribution in [3.63, 3.8) is 0 Å². The van der Waals surface area contributed by atoms with Crippen molar-refractivity contribution < 1.29 is 14.4 Å². The number of benzene rings is 3. The molecule has 69 heavy (non-hydrogen) atoms. The summed E-state index contributed by atoms with van der Waals surface area (Å²) in [6.45, 7) is 17.0. The van der Waals surface area contributed by atoms with Gasteiger partial charge in [-0.2, -0.15) is 0 Å². The minimum atomic E-state index is -0.670. The molecule has 0 atom stereocenters. The first kappa shape index (κ1) is 46.0. The van der Waals surface area contributed by atoms with Crippen molar-refractivity contribution in [3.8, 4) is 44.6 Å². The summed E-state index contributed by atoms with van der Waals surface area (Å²) in [5, 5.41) is 9.64. The molecule has 0 fully saturated rings. The van der Waals surface area contributed by atoms with Gasteiger partial charge in [0, 0.05) is 96.5 Å². The zero-order valence-electron chi connectivity index (χ0n) is 40.7. The van der Waals surface area contributed by atoms with Crippen molar-refractivity contribution >= 4 is 81.2 Å². The normalized spacial score (nSPS) is 12.6. The highest BCUT2D eigenvalue weighted by Crippen LogP contribution is 2.42. The van der Waals surface area contributed by atoms with E-state index in [1.165, 1.54) is 0 Å². The fourth-order valence-corrected chi connectivity index (χ4v) is 8.23. The van der Waals surface area contributed by atoms with Gasteiger partial charge >= 0.3 is 0 Å². The molecule has 5 N–H and O–H groups in total. The molecule has 8 bridgehead atoms. The first-order valence-electron chi connectivity index (χ1n) is 23.1. The Bertz CT molecular complexity index is 3380. The number of nitrogens with one attached hydrogen (secondary N) is 5. The van der Waals surface area contributed by atoms with Crippen LogP contribution in [0, 0.1) is 16.2 Å². The summed E-state index contributed by atoms with van der Waals surface area (Å²) in [6, 6.07) is 31.4. The van der Waals surface area contributed by atoms with Crippen molar-refractivity contribution in [2.24, 2.45) is 23.3 Å². The molecular formula is C57H57N9O3. The first-order chi connectivity index (χ1) is 32.7. The minimum Gasteiger partial charge on any atom is -0.354 e. The Balaban J connectivity index is 1.45. The van der Waals surface area contributed by atoms with E-state index in [4.69, 9.17) is 15.0 Å². The van der Waals surface area contributed by atoms with E-state index in [9.17, 15) is 14.4 Å². The van der Waals surface area contributed by atoms with Crippen LogP contribution in [0.1, 0.15) is 85.1 Å². The summed E-state index contributed by atoms with van der Waals surface area (Å²) in [5.41, 5.74) is 11.5. The number of hydrogen-bond donors (Lipinski definition) is 5. The van der Waals surface area contributed by atoms with Crippen LogP contribution in [0.15, 0.2) is 110 Å². The quantitative estimate of drug-likeness (QED) is 0.107. The van der Waals surface area contributed by atoms with Crippen LogP contribution < -0.4 is 16.0 Å². The van der Waals surface area contributed by atoms with Gasteiger partial charge in [0.2, 0.25) is 17.7 Å². The van der Waals surface area contributed by atoms with E-state index in [-0.39, 0.29) is 17.7 Å². The van der Waals surface area contributed by atoms with Gasteiger partial charge in [-0.05, 0) is 66.8 Å². The molecule has 2 aliphatic rings. The number of anilines is 3. The van der Waals surface area contributed by atoms with Crippen molar-refractivity contribution in [1.29, 1.82) is 0 Å². The van der Waals surface area contributed by atoms with Crippen molar-refractivity contribution in [2.45, 2.75) is 62.3 Å². The summed E-state index contributed by atoms with van der Waals surface area (Å²) >= 11 is 0. The summed E-state index contributed by atoms with van der Waals surface area (Å²) in [6.07, 6.45) is 11.7. The lowest BCUT2D eigenvalue weighted by molar-refractivity contribution is -0.123. The molecule has 0 saturated heterocycles. The summed E-state index contributed by atoms with van der Waals surface area (Å²) < 4.78 is 1.91. The highest BCUT2D eigenvalue weighted by atomic mass is 16.2. The number of aromatic amines is 2. The average Bonchev–Trinajstić information content (AvgIpc) is 4.16. The molecule has 0 radical (unpaired) electrons. The third-order valence-electron chi connectivity index (χ3n) is 12.1. The highest BCUT2D eigenvalue weighted by molar-refractivity contribution is 6.07. The molecule has 3 amide bonds. The molecule has 4 aromatic heterocycles. The molecule has 0 aliphatic carbocycles. The van der Waals surface area contributed by atoms with Gasteiger partial charge in [-0.25, -0.2) is 15.0 Å². The van der Waals surface area contributed by atoms with Crippen LogP contribution in [-0.4, -0.2) is 47.2 Å². The van der Waals surface area contributed by atoms with Gasteiger partial charge in [0.1, 0.15) is 0 Å². The summed E-state index contributed by atoms with van der Waals surface area (Å²) in [4.78, 5) is 64.3. The number of hydrogen-bond acceptors (Lipinski definition) is 6. The van der Waals surface area contributed by atoms with Crippen LogP contribution >= 0.6 is 0 Å². The van der Waals surface area contributed by atoms with Gasteiger partial charge < -0.3 is 30.5 Å². The molecule has 12 heteroatoms.